The minimum absolute atomic E-state index is 1.22. The maximum Gasteiger partial charge on any atom is 0.0484 e. The Balaban J connectivity index is 2.33. The first kappa shape index (κ1) is 9.22. The quantitative estimate of drug-likeness (QED) is 0.572. The third kappa shape index (κ3) is 1.33. The van der Waals surface area contributed by atoms with Crippen molar-refractivity contribution in [2.45, 2.75) is 0 Å². The van der Waals surface area contributed by atoms with Crippen molar-refractivity contribution in [3.8, 4) is 11.1 Å². The molecule has 0 spiro atoms. The van der Waals surface area contributed by atoms with E-state index in [1.165, 1.54) is 22.0 Å². The Bertz CT molecular complexity index is 620. The molecule has 0 aliphatic heterocycles. The van der Waals surface area contributed by atoms with Crippen LogP contribution in [0.5, 0.6) is 0 Å². The Morgan fingerprint density at radius 2 is 1.94 bits per heavy atom. The lowest BCUT2D eigenvalue weighted by Crippen LogP contribution is -1.81. The molecule has 3 aromatic rings. The van der Waals surface area contributed by atoms with Crippen molar-refractivity contribution >= 4 is 10.9 Å². The highest BCUT2D eigenvalue weighted by Gasteiger charge is 2.06. The van der Waals surface area contributed by atoms with Gasteiger partial charge in [-0.25, -0.2) is 0 Å². The zero-order chi connectivity index (χ0) is 11.0. The lowest BCUT2D eigenvalue weighted by molar-refractivity contribution is 0.970. The van der Waals surface area contributed by atoms with Crippen molar-refractivity contribution in [2.24, 2.45) is 7.05 Å². The minimum Gasteiger partial charge on any atom is -0.350 e. The van der Waals surface area contributed by atoms with Crippen LogP contribution < -0.4 is 0 Å². The van der Waals surface area contributed by atoms with E-state index in [2.05, 4.69) is 54.2 Å². The number of fused-ring (bicyclic) bond motifs is 1. The van der Waals surface area contributed by atoms with Crippen molar-refractivity contribution < 1.29 is 0 Å². The number of aromatic nitrogens is 1. The van der Waals surface area contributed by atoms with Gasteiger partial charge < -0.3 is 4.57 Å². The van der Waals surface area contributed by atoms with Gasteiger partial charge in [0.25, 0.3) is 0 Å². The van der Waals surface area contributed by atoms with Crippen LogP contribution in [0, 0.1) is 6.07 Å². The van der Waals surface area contributed by atoms with Crippen LogP contribution in [0.25, 0.3) is 22.0 Å². The van der Waals surface area contributed by atoms with Gasteiger partial charge in [0, 0.05) is 29.7 Å². The molecule has 16 heavy (non-hydrogen) atoms. The molecule has 0 atom stereocenters. The standard InChI is InChI=1S/C15H12N/c1-16-11-14(12-7-3-2-4-8-12)13-9-5-6-10-15(13)16/h2-3,5-11H,1H3. The van der Waals surface area contributed by atoms with Gasteiger partial charge in [0.1, 0.15) is 0 Å². The molecule has 3 rings (SSSR count). The molecule has 2 aromatic carbocycles. The summed E-state index contributed by atoms with van der Waals surface area (Å²) in [5, 5.41) is 1.30. The second-order valence-electron chi connectivity index (χ2n) is 3.96. The molecule has 0 fully saturated rings. The van der Waals surface area contributed by atoms with Gasteiger partial charge in [0.05, 0.1) is 0 Å². The Hall–Kier alpha value is -2.02. The van der Waals surface area contributed by atoms with Gasteiger partial charge in [-0.05, 0) is 23.8 Å². The number of rotatable bonds is 1. The van der Waals surface area contributed by atoms with Crippen LogP contribution in [0.2, 0.25) is 0 Å². The number of nitrogens with zero attached hydrogens (tertiary/aromatic N) is 1. The maximum atomic E-state index is 3.12. The lowest BCUT2D eigenvalue weighted by Gasteiger charge is -1.97. The molecule has 1 heteroatoms. The molecule has 0 unspecified atom stereocenters. The van der Waals surface area contributed by atoms with Gasteiger partial charge in [-0.3, -0.25) is 0 Å². The second-order valence-corrected chi connectivity index (χ2v) is 3.96. The molecule has 0 saturated heterocycles. The number of hydrogen-bond acceptors (Lipinski definition) is 0. The van der Waals surface area contributed by atoms with Crippen LogP contribution in [0.4, 0.5) is 0 Å². The average molecular weight is 206 g/mol. The monoisotopic (exact) mass is 206 g/mol. The maximum absolute atomic E-state index is 3.12. The van der Waals surface area contributed by atoms with E-state index in [0.29, 0.717) is 0 Å². The summed E-state index contributed by atoms with van der Waals surface area (Å²) in [4.78, 5) is 0. The summed E-state index contributed by atoms with van der Waals surface area (Å²) in [5.74, 6) is 0. The summed E-state index contributed by atoms with van der Waals surface area (Å²) >= 11 is 0. The molecule has 0 aliphatic carbocycles. The summed E-state index contributed by atoms with van der Waals surface area (Å²) in [6, 6.07) is 19.7. The summed E-state index contributed by atoms with van der Waals surface area (Å²) in [6.45, 7) is 0. The highest BCUT2D eigenvalue weighted by atomic mass is 14.9. The summed E-state index contributed by atoms with van der Waals surface area (Å²) in [7, 11) is 2.08. The highest BCUT2D eigenvalue weighted by Crippen LogP contribution is 2.29. The molecule has 0 aliphatic rings. The van der Waals surface area contributed by atoms with Crippen molar-refractivity contribution in [2.75, 3.05) is 0 Å². The molecule has 1 heterocycles. The van der Waals surface area contributed by atoms with Crippen molar-refractivity contribution in [3.63, 3.8) is 0 Å². The molecule has 0 amide bonds. The second kappa shape index (κ2) is 3.53. The van der Waals surface area contributed by atoms with Crippen LogP contribution in [-0.2, 0) is 7.05 Å². The van der Waals surface area contributed by atoms with Gasteiger partial charge in [0.2, 0.25) is 0 Å². The smallest absolute Gasteiger partial charge is 0.0484 e. The zero-order valence-corrected chi connectivity index (χ0v) is 9.14. The largest absolute Gasteiger partial charge is 0.350 e. The highest BCUT2D eigenvalue weighted by molar-refractivity contribution is 5.95. The first-order chi connectivity index (χ1) is 7.86. The van der Waals surface area contributed by atoms with E-state index in [1.54, 1.807) is 0 Å². The Labute approximate surface area is 95.0 Å². The SMILES string of the molecule is Cn1cc(-c2c[c]ccc2)c2ccccc21. The predicted molar refractivity (Wildman–Crippen MR) is 67.2 cm³/mol. The Morgan fingerprint density at radius 3 is 2.75 bits per heavy atom. The minimum atomic E-state index is 1.22. The van der Waals surface area contributed by atoms with Crippen LogP contribution in [0.15, 0.2) is 54.7 Å². The van der Waals surface area contributed by atoms with Crippen molar-refractivity contribution in [3.05, 3.63) is 60.8 Å². The van der Waals surface area contributed by atoms with E-state index < -0.39 is 0 Å². The fourth-order valence-electron chi connectivity index (χ4n) is 2.13. The number of para-hydroxylation sites is 1. The lowest BCUT2D eigenvalue weighted by atomic mass is 10.1. The summed E-state index contributed by atoms with van der Waals surface area (Å²) < 4.78 is 2.16. The van der Waals surface area contributed by atoms with Crippen LogP contribution >= 0.6 is 0 Å². The first-order valence-electron chi connectivity index (χ1n) is 5.37. The van der Waals surface area contributed by atoms with E-state index in [1.807, 2.05) is 18.2 Å². The third-order valence-corrected chi connectivity index (χ3v) is 2.92. The molecule has 1 radical (unpaired) electrons. The van der Waals surface area contributed by atoms with Gasteiger partial charge in [0.15, 0.2) is 0 Å². The van der Waals surface area contributed by atoms with E-state index in [0.717, 1.165) is 0 Å². The first-order valence-corrected chi connectivity index (χ1v) is 5.37. The summed E-state index contributed by atoms with van der Waals surface area (Å²) in [5.41, 5.74) is 3.76. The van der Waals surface area contributed by atoms with Crippen LogP contribution in [0.3, 0.4) is 0 Å². The average Bonchev–Trinajstić information content (AvgIpc) is 2.69. The van der Waals surface area contributed by atoms with Crippen molar-refractivity contribution in [1.82, 2.24) is 4.57 Å². The molecular weight excluding hydrogens is 194 g/mol. The fourth-order valence-corrected chi connectivity index (χ4v) is 2.13. The van der Waals surface area contributed by atoms with Crippen LogP contribution in [0.1, 0.15) is 0 Å². The van der Waals surface area contributed by atoms with E-state index in [-0.39, 0.29) is 0 Å². The third-order valence-electron chi connectivity index (χ3n) is 2.92. The Kier molecular flexibility index (Phi) is 2.03. The molecule has 0 saturated carbocycles. The summed E-state index contributed by atoms with van der Waals surface area (Å²) in [6.07, 6.45) is 2.17. The van der Waals surface area contributed by atoms with E-state index >= 15 is 0 Å². The normalized spacial score (nSPS) is 10.8. The Morgan fingerprint density at radius 1 is 1.06 bits per heavy atom. The molecule has 0 N–H and O–H groups in total. The predicted octanol–water partition coefficient (Wildman–Crippen LogP) is 3.65. The zero-order valence-electron chi connectivity index (χ0n) is 9.14. The topological polar surface area (TPSA) is 4.93 Å². The van der Waals surface area contributed by atoms with Crippen molar-refractivity contribution in [1.29, 1.82) is 0 Å². The van der Waals surface area contributed by atoms with Gasteiger partial charge >= 0.3 is 0 Å². The molecule has 1 nitrogen and oxygen atoms in total. The van der Waals surface area contributed by atoms with Gasteiger partial charge in [-0.15, -0.1) is 0 Å². The number of aryl methyl sites for hydroxylation is 1. The molecular formula is C15H12N. The molecule has 1 aromatic heterocycles. The van der Waals surface area contributed by atoms with E-state index in [9.17, 15) is 0 Å². The number of hydrogen-bond donors (Lipinski definition) is 0. The molecule has 77 valence electrons. The van der Waals surface area contributed by atoms with E-state index in [4.69, 9.17) is 0 Å². The van der Waals surface area contributed by atoms with Crippen LogP contribution in [-0.4, -0.2) is 4.57 Å². The van der Waals surface area contributed by atoms with Gasteiger partial charge in [-0.1, -0.05) is 36.4 Å². The molecule has 0 bridgehead atoms. The number of benzene rings is 2. The fraction of sp³-hybridized carbons (Fsp3) is 0.0667. The van der Waals surface area contributed by atoms with Gasteiger partial charge in [-0.2, -0.15) is 0 Å².